The summed E-state index contributed by atoms with van der Waals surface area (Å²) in [5.74, 6) is 0. The quantitative estimate of drug-likeness (QED) is 0.923. The lowest BCUT2D eigenvalue weighted by Gasteiger charge is -2.30. The molecule has 0 spiro atoms. The van der Waals surface area contributed by atoms with E-state index in [-0.39, 0.29) is 11.5 Å². The third-order valence-electron chi connectivity index (χ3n) is 3.84. The van der Waals surface area contributed by atoms with Crippen LogP contribution in [-0.4, -0.2) is 24.8 Å². The molecule has 0 bridgehead atoms. The maximum Gasteiger partial charge on any atom is 0.414 e. The lowest BCUT2D eigenvalue weighted by atomic mass is 10.1. The van der Waals surface area contributed by atoms with Crippen molar-refractivity contribution < 1.29 is 9.53 Å². The highest BCUT2D eigenvalue weighted by Gasteiger charge is 2.44. The van der Waals surface area contributed by atoms with Crippen LogP contribution in [0.3, 0.4) is 0 Å². The van der Waals surface area contributed by atoms with E-state index in [1.54, 1.807) is 4.90 Å². The molecule has 116 valence electrons. The maximum atomic E-state index is 12.5. The van der Waals surface area contributed by atoms with E-state index in [1.807, 2.05) is 52.0 Å². The van der Waals surface area contributed by atoms with Gasteiger partial charge in [0.2, 0.25) is 0 Å². The largest absolute Gasteiger partial charge is 0.443 e. The van der Waals surface area contributed by atoms with Crippen LogP contribution in [0.15, 0.2) is 24.3 Å². The molecule has 1 amide bonds. The van der Waals surface area contributed by atoms with E-state index < -0.39 is 5.60 Å². The molecule has 0 atom stereocenters. The molecular formula is C17H26N2O2. The second-order valence-corrected chi connectivity index (χ2v) is 7.11. The van der Waals surface area contributed by atoms with Gasteiger partial charge in [-0.3, -0.25) is 4.90 Å². The molecule has 2 rings (SSSR count). The normalized spacial score (nSPS) is 16.4. The Balaban J connectivity index is 2.21. The third-order valence-corrected chi connectivity index (χ3v) is 3.84. The van der Waals surface area contributed by atoms with Crippen LogP contribution in [-0.2, 0) is 4.74 Å². The van der Waals surface area contributed by atoms with Crippen LogP contribution in [0.2, 0.25) is 0 Å². The predicted octanol–water partition coefficient (Wildman–Crippen LogP) is 3.48. The summed E-state index contributed by atoms with van der Waals surface area (Å²) in [5, 5.41) is 0. The average Bonchev–Trinajstić information content (AvgIpc) is 3.16. The number of nitrogens with two attached hydrogens (primary N) is 1. The smallest absolute Gasteiger partial charge is 0.414 e. The summed E-state index contributed by atoms with van der Waals surface area (Å²) < 4.78 is 5.55. The SMILES string of the molecule is Cc1ccc(N(CC2(CN)CC2)C(=O)OC(C)(C)C)cc1. The first-order chi connectivity index (χ1) is 9.75. The molecule has 1 aliphatic rings. The molecule has 21 heavy (non-hydrogen) atoms. The number of carbonyl (C=O) groups is 1. The molecule has 4 nitrogen and oxygen atoms in total. The maximum absolute atomic E-state index is 12.5. The Morgan fingerprint density at radius 2 is 1.86 bits per heavy atom. The Hall–Kier alpha value is -1.55. The predicted molar refractivity (Wildman–Crippen MR) is 85.5 cm³/mol. The molecule has 0 aromatic heterocycles. The monoisotopic (exact) mass is 290 g/mol. The van der Waals surface area contributed by atoms with Gasteiger partial charge in [-0.2, -0.15) is 0 Å². The Labute approximate surface area is 127 Å². The van der Waals surface area contributed by atoms with E-state index in [9.17, 15) is 4.79 Å². The average molecular weight is 290 g/mol. The van der Waals surface area contributed by atoms with Crippen molar-refractivity contribution in [3.05, 3.63) is 29.8 Å². The van der Waals surface area contributed by atoms with Crippen molar-refractivity contribution in [2.75, 3.05) is 18.0 Å². The van der Waals surface area contributed by atoms with Crippen LogP contribution in [0.1, 0.15) is 39.2 Å². The van der Waals surface area contributed by atoms with Crippen LogP contribution in [0.25, 0.3) is 0 Å². The molecule has 1 aliphatic carbocycles. The fourth-order valence-electron chi connectivity index (χ4n) is 2.24. The molecule has 1 aromatic carbocycles. The first-order valence-corrected chi connectivity index (χ1v) is 7.52. The first kappa shape index (κ1) is 15.8. The van der Waals surface area contributed by atoms with E-state index in [4.69, 9.17) is 10.5 Å². The van der Waals surface area contributed by atoms with Gasteiger partial charge < -0.3 is 10.5 Å². The van der Waals surface area contributed by atoms with Gasteiger partial charge >= 0.3 is 6.09 Å². The van der Waals surface area contributed by atoms with Crippen molar-refractivity contribution in [3.8, 4) is 0 Å². The minimum atomic E-state index is -0.501. The number of amides is 1. The summed E-state index contributed by atoms with van der Waals surface area (Å²) in [6.45, 7) is 8.92. The van der Waals surface area contributed by atoms with Crippen LogP contribution in [0.4, 0.5) is 10.5 Å². The third kappa shape index (κ3) is 4.21. The number of carbonyl (C=O) groups excluding carboxylic acids is 1. The van der Waals surface area contributed by atoms with Gasteiger partial charge in [0.05, 0.1) is 0 Å². The number of ether oxygens (including phenoxy) is 1. The standard InChI is InChI=1S/C17H26N2O2/c1-13-5-7-14(8-6-13)19(12-17(11-18)9-10-17)15(20)21-16(2,3)4/h5-8H,9-12,18H2,1-4H3. The highest BCUT2D eigenvalue weighted by Crippen LogP contribution is 2.45. The van der Waals surface area contributed by atoms with Crippen LogP contribution in [0, 0.1) is 12.3 Å². The Bertz CT molecular complexity index is 499. The van der Waals surface area contributed by atoms with E-state index in [0.717, 1.165) is 18.5 Å². The number of aryl methyl sites for hydroxylation is 1. The van der Waals surface area contributed by atoms with Crippen molar-refractivity contribution in [2.45, 2.75) is 46.1 Å². The number of rotatable bonds is 4. The number of anilines is 1. The van der Waals surface area contributed by atoms with Gasteiger partial charge in [0, 0.05) is 17.6 Å². The van der Waals surface area contributed by atoms with Crippen molar-refractivity contribution in [2.24, 2.45) is 11.1 Å². The second kappa shape index (κ2) is 5.68. The van der Waals surface area contributed by atoms with Gasteiger partial charge in [0.15, 0.2) is 0 Å². The van der Waals surface area contributed by atoms with E-state index in [2.05, 4.69) is 0 Å². The van der Waals surface area contributed by atoms with Gasteiger partial charge in [0.25, 0.3) is 0 Å². The molecule has 0 unspecified atom stereocenters. The lowest BCUT2D eigenvalue weighted by molar-refractivity contribution is 0.0573. The van der Waals surface area contributed by atoms with Crippen molar-refractivity contribution in [1.29, 1.82) is 0 Å². The van der Waals surface area contributed by atoms with Crippen molar-refractivity contribution >= 4 is 11.8 Å². The van der Waals surface area contributed by atoms with Gasteiger partial charge in [-0.25, -0.2) is 4.79 Å². The van der Waals surface area contributed by atoms with Crippen molar-refractivity contribution in [1.82, 2.24) is 0 Å². The number of hydrogen-bond acceptors (Lipinski definition) is 3. The van der Waals surface area contributed by atoms with Gasteiger partial charge in [-0.05, 0) is 59.2 Å². The molecule has 1 saturated carbocycles. The van der Waals surface area contributed by atoms with Crippen LogP contribution in [0.5, 0.6) is 0 Å². The molecular weight excluding hydrogens is 264 g/mol. The summed E-state index contributed by atoms with van der Waals surface area (Å²) >= 11 is 0. The molecule has 1 aromatic rings. The molecule has 0 saturated heterocycles. The highest BCUT2D eigenvalue weighted by atomic mass is 16.6. The Morgan fingerprint density at radius 3 is 2.29 bits per heavy atom. The Morgan fingerprint density at radius 1 is 1.29 bits per heavy atom. The molecule has 1 fully saturated rings. The molecule has 4 heteroatoms. The lowest BCUT2D eigenvalue weighted by Crippen LogP contribution is -2.42. The summed E-state index contributed by atoms with van der Waals surface area (Å²) in [7, 11) is 0. The number of nitrogens with zero attached hydrogens (tertiary/aromatic N) is 1. The molecule has 0 heterocycles. The summed E-state index contributed by atoms with van der Waals surface area (Å²) in [4.78, 5) is 14.3. The van der Waals surface area contributed by atoms with Gasteiger partial charge in [0.1, 0.15) is 5.60 Å². The summed E-state index contributed by atoms with van der Waals surface area (Å²) in [6, 6.07) is 7.95. The molecule has 0 radical (unpaired) electrons. The van der Waals surface area contributed by atoms with Gasteiger partial charge in [-0.1, -0.05) is 17.7 Å². The fourth-order valence-corrected chi connectivity index (χ4v) is 2.24. The van der Waals surface area contributed by atoms with Crippen LogP contribution >= 0.6 is 0 Å². The number of benzene rings is 1. The zero-order valence-corrected chi connectivity index (χ0v) is 13.5. The Kier molecular flexibility index (Phi) is 4.28. The zero-order valence-electron chi connectivity index (χ0n) is 13.5. The van der Waals surface area contributed by atoms with E-state index in [0.29, 0.717) is 13.1 Å². The van der Waals surface area contributed by atoms with Crippen molar-refractivity contribution in [3.63, 3.8) is 0 Å². The summed E-state index contributed by atoms with van der Waals surface area (Å²) in [6.07, 6.45) is 1.86. The van der Waals surface area contributed by atoms with Crippen LogP contribution < -0.4 is 10.6 Å². The molecule has 0 aliphatic heterocycles. The minimum absolute atomic E-state index is 0.0712. The van der Waals surface area contributed by atoms with E-state index >= 15 is 0 Å². The zero-order chi connectivity index (χ0) is 15.7. The minimum Gasteiger partial charge on any atom is -0.443 e. The topological polar surface area (TPSA) is 55.6 Å². The summed E-state index contributed by atoms with van der Waals surface area (Å²) in [5.41, 5.74) is 7.48. The highest BCUT2D eigenvalue weighted by molar-refractivity contribution is 5.88. The second-order valence-electron chi connectivity index (χ2n) is 7.11. The molecule has 2 N–H and O–H groups in total. The number of hydrogen-bond donors (Lipinski definition) is 1. The fraction of sp³-hybridized carbons (Fsp3) is 0.588. The van der Waals surface area contributed by atoms with E-state index in [1.165, 1.54) is 5.56 Å². The van der Waals surface area contributed by atoms with Gasteiger partial charge in [-0.15, -0.1) is 0 Å². The first-order valence-electron chi connectivity index (χ1n) is 7.52.